The molecule has 2 aromatic heterocycles. The predicted molar refractivity (Wildman–Crippen MR) is 50.2 cm³/mol. The Balaban J connectivity index is 2.54. The Morgan fingerprint density at radius 2 is 2.27 bits per heavy atom. The van der Waals surface area contributed by atoms with Crippen molar-refractivity contribution in [2.75, 3.05) is 5.73 Å². The predicted octanol–water partition coefficient (Wildman–Crippen LogP) is 0.207. The second-order valence-electron chi connectivity index (χ2n) is 2.55. The third-order valence-corrected chi connectivity index (χ3v) is 1.61. The number of aromatic nitrogens is 5. The zero-order valence-corrected chi connectivity index (χ0v) is 7.44. The smallest absolute Gasteiger partial charge is 0.205 e. The highest BCUT2D eigenvalue weighted by Crippen LogP contribution is 2.10. The summed E-state index contributed by atoms with van der Waals surface area (Å²) < 4.78 is 0. The Kier molecular flexibility index (Phi) is 2.22. The monoisotopic (exact) mass is 203 g/mol. The van der Waals surface area contributed by atoms with Crippen LogP contribution < -0.4 is 5.73 Å². The van der Waals surface area contributed by atoms with Crippen molar-refractivity contribution < 1.29 is 0 Å². The Morgan fingerprint density at radius 1 is 1.40 bits per heavy atom. The molecule has 0 saturated heterocycles. The molecule has 0 aliphatic rings. The molecule has 15 heavy (non-hydrogen) atoms. The minimum Gasteiger partial charge on any atom is -0.382 e. The highest BCUT2D eigenvalue weighted by Gasteiger charge is 2.05. The lowest BCUT2D eigenvalue weighted by Gasteiger charge is -1.98. The first kappa shape index (κ1) is 9.03. The summed E-state index contributed by atoms with van der Waals surface area (Å²) in [5.41, 5.74) is 14.4. The Labute approximate surface area is 83.0 Å². The van der Waals surface area contributed by atoms with E-state index in [4.69, 9.17) is 11.3 Å². The molecule has 74 valence electrons. The molecular formula is C6H5N9. The minimum atomic E-state index is 0.0216. The van der Waals surface area contributed by atoms with Gasteiger partial charge in [-0.1, -0.05) is 5.11 Å². The summed E-state index contributed by atoms with van der Waals surface area (Å²) >= 11 is 0. The van der Waals surface area contributed by atoms with Crippen molar-refractivity contribution in [3.8, 4) is 0 Å². The van der Waals surface area contributed by atoms with Crippen LogP contribution in [0, 0.1) is 0 Å². The number of rotatable bonds is 2. The lowest BCUT2D eigenvalue weighted by atomic mass is 10.5. The molecule has 0 aliphatic heterocycles. The van der Waals surface area contributed by atoms with Crippen LogP contribution in [0.25, 0.3) is 21.6 Å². The van der Waals surface area contributed by atoms with Gasteiger partial charge in [-0.05, 0) is 5.53 Å². The normalized spacial score (nSPS) is 9.87. The van der Waals surface area contributed by atoms with Gasteiger partial charge in [0.15, 0.2) is 17.2 Å². The fraction of sp³-hybridized carbons (Fsp3) is 0.167. The number of anilines is 1. The lowest BCUT2D eigenvalue weighted by molar-refractivity contribution is 0.846. The summed E-state index contributed by atoms with van der Waals surface area (Å²) in [6.07, 6.45) is 1.28. The van der Waals surface area contributed by atoms with Crippen molar-refractivity contribution in [2.45, 2.75) is 6.54 Å². The summed E-state index contributed by atoms with van der Waals surface area (Å²) in [7, 11) is 0. The molecule has 0 fully saturated rings. The highest BCUT2D eigenvalue weighted by molar-refractivity contribution is 5.79. The first-order chi connectivity index (χ1) is 7.31. The van der Waals surface area contributed by atoms with Gasteiger partial charge in [0.25, 0.3) is 0 Å². The number of azide groups is 1. The fourth-order valence-corrected chi connectivity index (χ4v) is 0.981. The average molecular weight is 203 g/mol. The van der Waals surface area contributed by atoms with Crippen LogP contribution in [0.1, 0.15) is 5.82 Å². The number of hydrogen-bond donors (Lipinski definition) is 1. The van der Waals surface area contributed by atoms with Gasteiger partial charge in [-0.2, -0.15) is 0 Å². The molecule has 0 aliphatic carbocycles. The Morgan fingerprint density at radius 3 is 3.07 bits per heavy atom. The van der Waals surface area contributed by atoms with Crippen LogP contribution >= 0.6 is 0 Å². The van der Waals surface area contributed by atoms with Crippen molar-refractivity contribution in [1.29, 1.82) is 0 Å². The molecule has 2 aromatic rings. The average Bonchev–Trinajstić information content (AvgIpc) is 2.27. The molecule has 9 nitrogen and oxygen atoms in total. The van der Waals surface area contributed by atoms with Crippen LogP contribution in [-0.4, -0.2) is 25.1 Å². The maximum absolute atomic E-state index is 8.13. The van der Waals surface area contributed by atoms with Gasteiger partial charge in [-0.25, -0.2) is 15.0 Å². The second-order valence-corrected chi connectivity index (χ2v) is 2.55. The molecule has 0 amide bonds. The number of hydrogen-bond acceptors (Lipinski definition) is 7. The van der Waals surface area contributed by atoms with E-state index in [1.165, 1.54) is 6.33 Å². The SMILES string of the molecule is [N-]=[N+]=NCc1nnc2ncnc(N)c2n1. The van der Waals surface area contributed by atoms with E-state index in [2.05, 4.69) is 35.2 Å². The zero-order chi connectivity index (χ0) is 10.7. The minimum absolute atomic E-state index is 0.0216. The van der Waals surface area contributed by atoms with E-state index >= 15 is 0 Å². The van der Waals surface area contributed by atoms with E-state index in [-0.39, 0.29) is 18.2 Å². The van der Waals surface area contributed by atoms with Gasteiger partial charge in [-0.15, -0.1) is 10.2 Å². The summed E-state index contributed by atoms with van der Waals surface area (Å²) in [6.45, 7) is 0.0216. The van der Waals surface area contributed by atoms with E-state index in [0.29, 0.717) is 11.2 Å². The van der Waals surface area contributed by atoms with Gasteiger partial charge in [0.2, 0.25) is 5.65 Å². The molecule has 0 radical (unpaired) electrons. The third kappa shape index (κ3) is 1.71. The molecule has 0 aromatic carbocycles. The number of nitrogen functional groups attached to an aromatic ring is 1. The van der Waals surface area contributed by atoms with Crippen LogP contribution in [0.2, 0.25) is 0 Å². The van der Waals surface area contributed by atoms with Gasteiger partial charge in [0.1, 0.15) is 6.33 Å². The van der Waals surface area contributed by atoms with Crippen molar-refractivity contribution in [2.24, 2.45) is 5.11 Å². The lowest BCUT2D eigenvalue weighted by Crippen LogP contribution is -2.02. The molecule has 2 rings (SSSR count). The van der Waals surface area contributed by atoms with Crippen molar-refractivity contribution in [3.63, 3.8) is 0 Å². The summed E-state index contributed by atoms with van der Waals surface area (Å²) in [6, 6.07) is 0. The molecule has 0 bridgehead atoms. The van der Waals surface area contributed by atoms with Crippen LogP contribution in [0.3, 0.4) is 0 Å². The quantitative estimate of drug-likeness (QED) is 0.420. The third-order valence-electron chi connectivity index (χ3n) is 1.61. The van der Waals surface area contributed by atoms with Crippen LogP contribution in [0.4, 0.5) is 5.82 Å². The summed E-state index contributed by atoms with van der Waals surface area (Å²) in [4.78, 5) is 14.2. The molecular weight excluding hydrogens is 198 g/mol. The van der Waals surface area contributed by atoms with Crippen molar-refractivity contribution in [1.82, 2.24) is 25.1 Å². The van der Waals surface area contributed by atoms with Crippen molar-refractivity contribution >= 4 is 17.0 Å². The summed E-state index contributed by atoms with van der Waals surface area (Å²) in [5, 5.41) is 10.8. The van der Waals surface area contributed by atoms with Crippen LogP contribution in [0.15, 0.2) is 11.4 Å². The van der Waals surface area contributed by atoms with E-state index in [1.807, 2.05) is 0 Å². The molecule has 0 saturated carbocycles. The molecule has 0 spiro atoms. The topological polar surface area (TPSA) is 139 Å². The van der Waals surface area contributed by atoms with E-state index in [9.17, 15) is 0 Å². The Bertz CT molecular complexity index is 543. The van der Waals surface area contributed by atoms with Gasteiger partial charge < -0.3 is 5.73 Å². The van der Waals surface area contributed by atoms with Crippen LogP contribution in [-0.2, 0) is 6.54 Å². The van der Waals surface area contributed by atoms with Crippen LogP contribution in [0.5, 0.6) is 0 Å². The van der Waals surface area contributed by atoms with Gasteiger partial charge in [-0.3, -0.25) is 0 Å². The van der Waals surface area contributed by atoms with Gasteiger partial charge in [0, 0.05) is 4.91 Å². The highest BCUT2D eigenvalue weighted by atomic mass is 15.2. The number of nitrogens with two attached hydrogens (primary N) is 1. The molecule has 9 heteroatoms. The fourth-order valence-electron chi connectivity index (χ4n) is 0.981. The first-order valence-corrected chi connectivity index (χ1v) is 3.92. The van der Waals surface area contributed by atoms with E-state index < -0.39 is 0 Å². The molecule has 2 N–H and O–H groups in total. The van der Waals surface area contributed by atoms with E-state index in [1.54, 1.807) is 0 Å². The molecule has 0 unspecified atom stereocenters. The first-order valence-electron chi connectivity index (χ1n) is 3.92. The van der Waals surface area contributed by atoms with Gasteiger partial charge in [0.05, 0.1) is 6.54 Å². The standard InChI is InChI=1S/C6H5N9/c7-5-4-6(10-2-9-5)14-13-3(12-4)1-11-15-8/h2H,1H2,(H2,7,9,10,14). The van der Waals surface area contributed by atoms with Gasteiger partial charge >= 0.3 is 0 Å². The van der Waals surface area contributed by atoms with Crippen molar-refractivity contribution in [3.05, 3.63) is 22.6 Å². The largest absolute Gasteiger partial charge is 0.382 e. The van der Waals surface area contributed by atoms with E-state index in [0.717, 1.165) is 0 Å². The number of fused-ring (bicyclic) bond motifs is 1. The molecule has 2 heterocycles. The number of nitrogens with zero attached hydrogens (tertiary/aromatic N) is 8. The summed E-state index contributed by atoms with van der Waals surface area (Å²) in [5.74, 6) is 0.499. The zero-order valence-electron chi connectivity index (χ0n) is 7.44. The second kappa shape index (κ2) is 3.68. The maximum atomic E-state index is 8.13. The molecule has 0 atom stereocenters. The maximum Gasteiger partial charge on any atom is 0.205 e. The Hall–Kier alpha value is -2.54.